The highest BCUT2D eigenvalue weighted by Gasteiger charge is 2.25. The van der Waals surface area contributed by atoms with Crippen LogP contribution in [0.3, 0.4) is 0 Å². The molecule has 0 atom stereocenters. The van der Waals surface area contributed by atoms with E-state index in [2.05, 4.69) is 9.88 Å². The molecule has 9 heteroatoms. The summed E-state index contributed by atoms with van der Waals surface area (Å²) in [6.45, 7) is 6.95. The number of nitrogens with zero attached hydrogens (tertiary/aromatic N) is 5. The lowest BCUT2D eigenvalue weighted by atomic mass is 10.2. The maximum absolute atomic E-state index is 13.4. The van der Waals surface area contributed by atoms with Crippen LogP contribution in [0.4, 0.5) is 5.13 Å². The number of carbonyl (C=O) groups excluding carboxylic acids is 1. The molecule has 1 amide bonds. The number of benzene rings is 1. The lowest BCUT2D eigenvalue weighted by molar-refractivity contribution is 0.0376. The van der Waals surface area contributed by atoms with Gasteiger partial charge in [0.05, 0.1) is 25.0 Å². The van der Waals surface area contributed by atoms with Crippen LogP contribution in [0.5, 0.6) is 5.75 Å². The molecule has 4 rings (SSSR count). The Kier molecular flexibility index (Phi) is 6.31. The third-order valence-corrected chi connectivity index (χ3v) is 6.57. The summed E-state index contributed by atoms with van der Waals surface area (Å²) in [5.74, 6) is 0.986. The van der Waals surface area contributed by atoms with Crippen molar-refractivity contribution in [2.75, 3.05) is 51.4 Å². The molecule has 0 aliphatic carbocycles. The molecule has 0 saturated carbocycles. The molecule has 1 aliphatic heterocycles. The van der Waals surface area contributed by atoms with Crippen LogP contribution in [0.2, 0.25) is 0 Å². The van der Waals surface area contributed by atoms with Crippen LogP contribution in [0, 0.1) is 6.92 Å². The van der Waals surface area contributed by atoms with E-state index in [1.807, 2.05) is 26.1 Å². The molecule has 3 aromatic rings. The molecule has 160 valence electrons. The normalized spacial score (nSPS) is 14.9. The van der Waals surface area contributed by atoms with Gasteiger partial charge < -0.3 is 14.0 Å². The molecule has 0 bridgehead atoms. The van der Waals surface area contributed by atoms with Crippen molar-refractivity contribution in [3.8, 4) is 5.75 Å². The number of amides is 1. The average molecular weight is 430 g/mol. The van der Waals surface area contributed by atoms with Crippen LogP contribution in [0.25, 0.3) is 10.2 Å². The highest BCUT2D eigenvalue weighted by atomic mass is 32.1. The van der Waals surface area contributed by atoms with Crippen LogP contribution < -0.4 is 9.64 Å². The Morgan fingerprint density at radius 1 is 1.33 bits per heavy atom. The Bertz CT molecular complexity index is 1020. The van der Waals surface area contributed by atoms with E-state index in [0.29, 0.717) is 17.5 Å². The number of imidazole rings is 1. The summed E-state index contributed by atoms with van der Waals surface area (Å²) in [7, 11) is 3.47. The van der Waals surface area contributed by atoms with Crippen molar-refractivity contribution >= 4 is 32.6 Å². The molecule has 1 aromatic carbocycles. The molecule has 1 fully saturated rings. The van der Waals surface area contributed by atoms with Crippen molar-refractivity contribution in [3.63, 3.8) is 0 Å². The van der Waals surface area contributed by atoms with E-state index in [0.717, 1.165) is 60.8 Å². The predicted octanol–water partition coefficient (Wildman–Crippen LogP) is 2.72. The van der Waals surface area contributed by atoms with Crippen LogP contribution >= 0.6 is 11.3 Å². The third kappa shape index (κ3) is 4.19. The molecule has 0 spiro atoms. The second kappa shape index (κ2) is 9.11. The van der Waals surface area contributed by atoms with Gasteiger partial charge in [0.25, 0.3) is 5.91 Å². The summed E-state index contributed by atoms with van der Waals surface area (Å²) in [5.41, 5.74) is 1.91. The number of carbonyl (C=O) groups is 1. The number of rotatable bonds is 7. The zero-order valence-electron chi connectivity index (χ0n) is 17.6. The summed E-state index contributed by atoms with van der Waals surface area (Å²) in [6, 6.07) is 3.94. The number of anilines is 1. The summed E-state index contributed by atoms with van der Waals surface area (Å²) < 4.78 is 13.7. The van der Waals surface area contributed by atoms with Crippen molar-refractivity contribution in [3.05, 3.63) is 35.9 Å². The number of hydrogen-bond donors (Lipinski definition) is 0. The lowest BCUT2D eigenvalue weighted by Gasteiger charge is -2.27. The monoisotopic (exact) mass is 429 g/mol. The molecule has 3 heterocycles. The van der Waals surface area contributed by atoms with Crippen molar-refractivity contribution in [2.45, 2.75) is 13.3 Å². The van der Waals surface area contributed by atoms with Gasteiger partial charge in [-0.2, -0.15) is 0 Å². The Hall–Kier alpha value is -2.49. The second-order valence-electron chi connectivity index (χ2n) is 7.39. The topological polar surface area (TPSA) is 72.7 Å². The minimum absolute atomic E-state index is 0.139. The van der Waals surface area contributed by atoms with Gasteiger partial charge in [-0.25, -0.2) is 9.97 Å². The van der Waals surface area contributed by atoms with E-state index in [4.69, 9.17) is 14.5 Å². The third-order valence-electron chi connectivity index (χ3n) is 5.36. The molecular formula is C21H27N5O3S. The SMILES string of the molecule is COc1ccc(C)c2sc(N(CCCN3CCOCC3)C(=O)c3nccn3C)nc12. The summed E-state index contributed by atoms with van der Waals surface area (Å²) in [6.07, 6.45) is 4.28. The van der Waals surface area contributed by atoms with E-state index in [-0.39, 0.29) is 5.91 Å². The van der Waals surface area contributed by atoms with E-state index >= 15 is 0 Å². The molecule has 8 nitrogen and oxygen atoms in total. The number of aryl methyl sites for hydroxylation is 2. The van der Waals surface area contributed by atoms with Gasteiger partial charge in [0.2, 0.25) is 0 Å². The molecule has 1 saturated heterocycles. The number of hydrogen-bond acceptors (Lipinski definition) is 7. The van der Waals surface area contributed by atoms with Gasteiger partial charge in [0, 0.05) is 45.6 Å². The fourth-order valence-corrected chi connectivity index (χ4v) is 4.71. The zero-order valence-corrected chi connectivity index (χ0v) is 18.4. The van der Waals surface area contributed by atoms with Crippen LogP contribution in [0.15, 0.2) is 24.5 Å². The van der Waals surface area contributed by atoms with Gasteiger partial charge >= 0.3 is 0 Å². The number of fused-ring (bicyclic) bond motifs is 1. The standard InChI is InChI=1S/C21H27N5O3S/c1-15-5-6-16(28-3)17-18(15)30-21(23-17)26(20(27)19-22-7-10-24(19)2)9-4-8-25-11-13-29-14-12-25/h5-7,10H,4,8-9,11-14H2,1-3H3. The first-order valence-corrected chi connectivity index (χ1v) is 10.9. The maximum atomic E-state index is 13.4. The minimum Gasteiger partial charge on any atom is -0.494 e. The van der Waals surface area contributed by atoms with E-state index in [1.54, 1.807) is 29.0 Å². The van der Waals surface area contributed by atoms with Crippen LogP contribution in [0.1, 0.15) is 22.6 Å². The number of ether oxygens (including phenoxy) is 2. The molecule has 0 N–H and O–H groups in total. The van der Waals surface area contributed by atoms with E-state index in [1.165, 1.54) is 11.3 Å². The number of thiazole rings is 1. The highest BCUT2D eigenvalue weighted by Crippen LogP contribution is 2.36. The lowest BCUT2D eigenvalue weighted by Crippen LogP contribution is -2.39. The largest absolute Gasteiger partial charge is 0.494 e. The second-order valence-corrected chi connectivity index (χ2v) is 8.36. The van der Waals surface area contributed by atoms with Crippen molar-refractivity contribution < 1.29 is 14.3 Å². The number of morpholine rings is 1. The Morgan fingerprint density at radius 3 is 2.83 bits per heavy atom. The Labute approximate surface area is 180 Å². The van der Waals surface area contributed by atoms with Crippen LogP contribution in [-0.2, 0) is 11.8 Å². The fraction of sp³-hybridized carbons (Fsp3) is 0.476. The zero-order chi connectivity index (χ0) is 21.1. The molecule has 0 radical (unpaired) electrons. The minimum atomic E-state index is -0.139. The van der Waals surface area contributed by atoms with E-state index in [9.17, 15) is 4.79 Å². The number of aromatic nitrogens is 3. The van der Waals surface area contributed by atoms with Crippen LogP contribution in [-0.4, -0.2) is 71.8 Å². The first-order valence-electron chi connectivity index (χ1n) is 10.1. The van der Waals surface area contributed by atoms with Gasteiger partial charge in [0.15, 0.2) is 11.0 Å². The fourth-order valence-electron chi connectivity index (χ4n) is 3.63. The Morgan fingerprint density at radius 2 is 2.13 bits per heavy atom. The first-order chi connectivity index (χ1) is 14.6. The van der Waals surface area contributed by atoms with Crippen molar-refractivity contribution in [1.29, 1.82) is 0 Å². The van der Waals surface area contributed by atoms with Gasteiger partial charge in [-0.3, -0.25) is 14.6 Å². The maximum Gasteiger partial charge on any atom is 0.296 e. The van der Waals surface area contributed by atoms with Gasteiger partial charge in [0.1, 0.15) is 11.3 Å². The molecule has 0 unspecified atom stereocenters. The Balaban J connectivity index is 1.62. The predicted molar refractivity (Wildman–Crippen MR) is 118 cm³/mol. The molecule has 30 heavy (non-hydrogen) atoms. The quantitative estimate of drug-likeness (QED) is 0.575. The molecule has 1 aliphatic rings. The number of methoxy groups -OCH3 is 1. The van der Waals surface area contributed by atoms with Gasteiger partial charge in [-0.1, -0.05) is 17.4 Å². The summed E-state index contributed by atoms with van der Waals surface area (Å²) in [5, 5.41) is 0.674. The smallest absolute Gasteiger partial charge is 0.296 e. The van der Waals surface area contributed by atoms with Gasteiger partial charge in [-0.05, 0) is 25.0 Å². The van der Waals surface area contributed by atoms with Crippen molar-refractivity contribution in [1.82, 2.24) is 19.4 Å². The van der Waals surface area contributed by atoms with E-state index < -0.39 is 0 Å². The average Bonchev–Trinajstić information content (AvgIpc) is 3.39. The molecule has 2 aromatic heterocycles. The highest BCUT2D eigenvalue weighted by molar-refractivity contribution is 7.22. The first kappa shape index (κ1) is 20.8. The van der Waals surface area contributed by atoms with Crippen molar-refractivity contribution in [2.24, 2.45) is 7.05 Å². The summed E-state index contributed by atoms with van der Waals surface area (Å²) >= 11 is 1.52. The van der Waals surface area contributed by atoms with Gasteiger partial charge in [-0.15, -0.1) is 0 Å². The summed E-state index contributed by atoms with van der Waals surface area (Å²) in [4.78, 5) is 26.6. The molecular weight excluding hydrogens is 402 g/mol.